The summed E-state index contributed by atoms with van der Waals surface area (Å²) in [7, 11) is 2.70. The van der Waals surface area contributed by atoms with Crippen LogP contribution in [-0.2, 0) is 11.3 Å². The van der Waals surface area contributed by atoms with Gasteiger partial charge in [-0.25, -0.2) is 4.39 Å². The Kier molecular flexibility index (Phi) is 7.59. The number of aromatic nitrogens is 1. The zero-order valence-corrected chi connectivity index (χ0v) is 20.5. The van der Waals surface area contributed by atoms with Gasteiger partial charge in [-0.3, -0.25) is 9.59 Å². The van der Waals surface area contributed by atoms with Crippen LogP contribution in [0.25, 0.3) is 11.1 Å². The topological polar surface area (TPSA) is 101 Å². The fraction of sp³-hybridized carbons (Fsp3) is 0.333. The van der Waals surface area contributed by atoms with E-state index in [1.54, 1.807) is 11.8 Å². The Morgan fingerprint density at radius 3 is 2.42 bits per heavy atom. The number of rotatable bonds is 8. The van der Waals surface area contributed by atoms with Gasteiger partial charge >= 0.3 is 0 Å². The average Bonchev–Trinajstić information content (AvgIpc) is 3.38. The summed E-state index contributed by atoms with van der Waals surface area (Å²) in [5.74, 6) is -1.47. The van der Waals surface area contributed by atoms with Crippen molar-refractivity contribution in [3.05, 3.63) is 75.5 Å². The number of H-pyrrole nitrogens is 1. The van der Waals surface area contributed by atoms with Crippen molar-refractivity contribution in [2.45, 2.75) is 25.9 Å². The minimum Gasteiger partial charge on any atom is -0.506 e. The van der Waals surface area contributed by atoms with Gasteiger partial charge < -0.3 is 29.2 Å². The van der Waals surface area contributed by atoms with E-state index in [1.807, 2.05) is 30.3 Å². The molecular weight excluding hydrogens is 467 g/mol. The van der Waals surface area contributed by atoms with E-state index >= 15 is 0 Å². The van der Waals surface area contributed by atoms with Crippen LogP contribution < -0.4 is 15.0 Å². The molecule has 0 spiro atoms. The Balaban J connectivity index is 1.82. The Morgan fingerprint density at radius 2 is 1.81 bits per heavy atom. The molecule has 0 aliphatic carbocycles. The van der Waals surface area contributed by atoms with Crippen molar-refractivity contribution >= 4 is 5.91 Å². The molecule has 1 aliphatic rings. The van der Waals surface area contributed by atoms with E-state index in [4.69, 9.17) is 14.2 Å². The molecule has 3 aromatic rings. The van der Waals surface area contributed by atoms with E-state index in [9.17, 15) is 19.1 Å². The van der Waals surface area contributed by atoms with E-state index in [0.717, 1.165) is 24.1 Å². The number of aromatic hydroxyl groups is 1. The number of amides is 1. The molecule has 2 heterocycles. The lowest BCUT2D eigenvalue weighted by molar-refractivity contribution is 0.0785. The molecule has 190 valence electrons. The van der Waals surface area contributed by atoms with Crippen molar-refractivity contribution in [3.8, 4) is 28.4 Å². The molecule has 36 heavy (non-hydrogen) atoms. The minimum atomic E-state index is -0.737. The molecule has 0 saturated carbocycles. The Morgan fingerprint density at radius 1 is 1.14 bits per heavy atom. The number of nitrogens with one attached hydrogen (secondary N) is 1. The van der Waals surface area contributed by atoms with Crippen LogP contribution in [0.2, 0.25) is 0 Å². The van der Waals surface area contributed by atoms with Crippen molar-refractivity contribution in [1.29, 1.82) is 0 Å². The highest BCUT2D eigenvalue weighted by atomic mass is 19.1. The number of ether oxygens (including phenoxy) is 3. The second kappa shape index (κ2) is 10.8. The molecule has 1 saturated heterocycles. The van der Waals surface area contributed by atoms with Gasteiger partial charge in [-0.2, -0.15) is 0 Å². The predicted octanol–water partition coefficient (Wildman–Crippen LogP) is 4.07. The molecule has 4 rings (SSSR count). The van der Waals surface area contributed by atoms with Crippen LogP contribution >= 0.6 is 0 Å². The number of halogens is 1. The monoisotopic (exact) mass is 496 g/mol. The molecule has 0 bridgehead atoms. The standard InChI is InChI=1S/C27H29FN2O6/c1-4-36-15-19-22(23-20(34-2)12-18(28)13-21(23)35-3)25(31)24(26(32)29-19)27(33)30-11-10-17(14-30)16-8-6-5-7-9-16/h5-9,12-13,17H,4,10-11,14-15H2,1-3H3,(H2,29,31,32). The molecule has 1 amide bonds. The number of carbonyl (C=O) groups excluding carboxylic acids is 1. The first-order chi connectivity index (χ1) is 17.4. The zero-order valence-electron chi connectivity index (χ0n) is 20.5. The van der Waals surface area contributed by atoms with E-state index in [2.05, 4.69) is 4.98 Å². The number of hydrogen-bond acceptors (Lipinski definition) is 6. The SMILES string of the molecule is CCOCc1[nH]c(=O)c(C(=O)N2CCC(c3ccccc3)C2)c(O)c1-c1c(OC)cc(F)cc1OC. The fourth-order valence-electron chi connectivity index (χ4n) is 4.64. The normalized spacial score (nSPS) is 15.2. The number of methoxy groups -OCH3 is 2. The van der Waals surface area contributed by atoms with Crippen molar-refractivity contribution in [3.63, 3.8) is 0 Å². The molecule has 2 N–H and O–H groups in total. The van der Waals surface area contributed by atoms with Crippen LogP contribution in [0.15, 0.2) is 47.3 Å². The molecule has 9 heteroatoms. The van der Waals surface area contributed by atoms with E-state index < -0.39 is 28.6 Å². The number of pyridine rings is 1. The smallest absolute Gasteiger partial charge is 0.264 e. The van der Waals surface area contributed by atoms with Crippen molar-refractivity contribution in [2.24, 2.45) is 0 Å². The van der Waals surface area contributed by atoms with Crippen LogP contribution in [0.3, 0.4) is 0 Å². The molecular formula is C27H29FN2O6. The number of aromatic amines is 1. The summed E-state index contributed by atoms with van der Waals surface area (Å²) in [5.41, 5.74) is 0.468. The van der Waals surface area contributed by atoms with Gasteiger partial charge in [0.05, 0.1) is 37.6 Å². The number of hydrogen-bond donors (Lipinski definition) is 2. The van der Waals surface area contributed by atoms with Gasteiger partial charge in [0.2, 0.25) is 0 Å². The number of carbonyl (C=O) groups is 1. The quantitative estimate of drug-likeness (QED) is 0.488. The van der Waals surface area contributed by atoms with Gasteiger partial charge in [0.25, 0.3) is 11.5 Å². The molecule has 2 aromatic carbocycles. The van der Waals surface area contributed by atoms with Gasteiger partial charge in [0.1, 0.15) is 28.6 Å². The summed E-state index contributed by atoms with van der Waals surface area (Å²) in [5, 5.41) is 11.4. The maximum atomic E-state index is 14.2. The summed E-state index contributed by atoms with van der Waals surface area (Å²) >= 11 is 0. The summed E-state index contributed by atoms with van der Waals surface area (Å²) in [6.07, 6.45) is 0.739. The lowest BCUT2D eigenvalue weighted by Crippen LogP contribution is -2.33. The Labute approximate surface area is 208 Å². The summed E-state index contributed by atoms with van der Waals surface area (Å²) in [6.45, 7) is 2.92. The first-order valence-corrected chi connectivity index (χ1v) is 11.7. The molecule has 8 nitrogen and oxygen atoms in total. The van der Waals surface area contributed by atoms with Crippen molar-refractivity contribution < 1.29 is 28.5 Å². The Bertz CT molecular complexity index is 1280. The van der Waals surface area contributed by atoms with Crippen LogP contribution in [0.5, 0.6) is 17.2 Å². The van der Waals surface area contributed by atoms with Gasteiger partial charge in [0.15, 0.2) is 0 Å². The van der Waals surface area contributed by atoms with E-state index in [0.29, 0.717) is 19.7 Å². The van der Waals surface area contributed by atoms with Crippen LogP contribution in [0.1, 0.15) is 40.9 Å². The third-order valence-corrected chi connectivity index (χ3v) is 6.40. The van der Waals surface area contributed by atoms with Crippen molar-refractivity contribution in [2.75, 3.05) is 33.9 Å². The second-order valence-corrected chi connectivity index (χ2v) is 8.50. The molecule has 0 radical (unpaired) electrons. The number of nitrogens with zero attached hydrogens (tertiary/aromatic N) is 1. The molecule has 1 aromatic heterocycles. The lowest BCUT2D eigenvalue weighted by Gasteiger charge is -2.21. The molecule has 1 atom stereocenters. The highest BCUT2D eigenvalue weighted by Crippen LogP contribution is 2.45. The maximum absolute atomic E-state index is 14.2. The van der Waals surface area contributed by atoms with Gasteiger partial charge in [-0.05, 0) is 18.9 Å². The molecule has 1 fully saturated rings. The summed E-state index contributed by atoms with van der Waals surface area (Å²) in [6, 6.07) is 12.1. The largest absolute Gasteiger partial charge is 0.506 e. The Hall–Kier alpha value is -3.85. The van der Waals surface area contributed by atoms with Crippen LogP contribution in [-0.4, -0.2) is 54.8 Å². The average molecular weight is 497 g/mol. The molecule has 1 unspecified atom stereocenters. The maximum Gasteiger partial charge on any atom is 0.264 e. The third kappa shape index (κ3) is 4.79. The second-order valence-electron chi connectivity index (χ2n) is 8.50. The van der Waals surface area contributed by atoms with E-state index in [1.165, 1.54) is 14.2 Å². The highest BCUT2D eigenvalue weighted by molar-refractivity contribution is 6.00. The van der Waals surface area contributed by atoms with Gasteiger partial charge in [-0.1, -0.05) is 30.3 Å². The lowest BCUT2D eigenvalue weighted by atomic mass is 9.97. The third-order valence-electron chi connectivity index (χ3n) is 6.40. The first kappa shape index (κ1) is 25.2. The highest BCUT2D eigenvalue weighted by Gasteiger charge is 2.33. The van der Waals surface area contributed by atoms with Crippen molar-refractivity contribution in [1.82, 2.24) is 9.88 Å². The number of benzene rings is 2. The van der Waals surface area contributed by atoms with E-state index in [-0.39, 0.29) is 40.8 Å². The minimum absolute atomic E-state index is 0.0629. The zero-order chi connectivity index (χ0) is 25.8. The first-order valence-electron chi connectivity index (χ1n) is 11.7. The molecule has 1 aliphatic heterocycles. The van der Waals surface area contributed by atoms with Crippen LogP contribution in [0.4, 0.5) is 4.39 Å². The van der Waals surface area contributed by atoms with Gasteiger partial charge in [0, 0.05) is 37.7 Å². The predicted molar refractivity (Wildman–Crippen MR) is 132 cm³/mol. The summed E-state index contributed by atoms with van der Waals surface area (Å²) in [4.78, 5) is 30.9. The van der Waals surface area contributed by atoms with Gasteiger partial charge in [-0.15, -0.1) is 0 Å². The van der Waals surface area contributed by atoms with Crippen LogP contribution in [0, 0.1) is 5.82 Å². The number of likely N-dealkylation sites (tertiary alicyclic amines) is 1. The fourth-order valence-corrected chi connectivity index (χ4v) is 4.64. The summed E-state index contributed by atoms with van der Waals surface area (Å²) < 4.78 is 30.4.